The summed E-state index contributed by atoms with van der Waals surface area (Å²) in [5.41, 5.74) is 6.77. The number of non-ortho nitro benzene ring substituents is 1. The highest BCUT2D eigenvalue weighted by Crippen LogP contribution is 2.40. The number of nitro groups is 1. The van der Waals surface area contributed by atoms with Gasteiger partial charge < -0.3 is 11.1 Å². The summed E-state index contributed by atoms with van der Waals surface area (Å²) < 4.78 is 0. The number of carbonyl (C=O) groups excluding carboxylic acids is 2. The van der Waals surface area contributed by atoms with E-state index in [0.717, 1.165) is 48.6 Å². The number of halogens is 1. The number of nitrogens with one attached hydrogen (secondary N) is 1. The normalized spacial score (nSPS) is 15.7. The van der Waals surface area contributed by atoms with Crippen molar-refractivity contribution in [1.29, 1.82) is 0 Å². The number of nitrogens with two attached hydrogens (primary N) is 1. The Hall–Kier alpha value is -2.45. The van der Waals surface area contributed by atoms with Crippen molar-refractivity contribution in [2.24, 2.45) is 11.7 Å². The van der Waals surface area contributed by atoms with E-state index in [4.69, 9.17) is 17.3 Å². The van der Waals surface area contributed by atoms with E-state index in [1.54, 1.807) is 0 Å². The fourth-order valence-electron chi connectivity index (χ4n) is 3.63. The number of rotatable bonds is 6. The SMILES string of the molecule is CCC[C@@H]1CCc2c(sc(NC(=O)c3ccc([N+](=O)[O-])cc3Cl)c2C(N)=O)C1. The molecular formula is C19H20ClN3O4S. The zero-order valence-corrected chi connectivity index (χ0v) is 16.9. The summed E-state index contributed by atoms with van der Waals surface area (Å²) >= 11 is 7.41. The molecule has 0 fully saturated rings. The average Bonchev–Trinajstić information content (AvgIpc) is 2.98. The smallest absolute Gasteiger partial charge is 0.270 e. The highest BCUT2D eigenvalue weighted by molar-refractivity contribution is 7.17. The lowest BCUT2D eigenvalue weighted by molar-refractivity contribution is -0.384. The van der Waals surface area contributed by atoms with Crippen LogP contribution in [0.5, 0.6) is 0 Å². The number of nitrogens with zero attached hydrogens (tertiary/aromatic N) is 1. The van der Waals surface area contributed by atoms with Crippen molar-refractivity contribution in [3.63, 3.8) is 0 Å². The molecule has 9 heteroatoms. The standard InChI is InChI=1S/C19H20ClN3O4S/c1-2-3-10-4-6-13-15(8-10)28-19(16(13)17(21)24)22-18(25)12-7-5-11(23(26)27)9-14(12)20/h5,7,9-10H,2-4,6,8H2,1H3,(H2,21,24)(H,22,25)/t10-/m1/s1. The quantitative estimate of drug-likeness (QED) is 0.525. The van der Waals surface area contributed by atoms with Crippen LogP contribution in [0, 0.1) is 16.0 Å². The van der Waals surface area contributed by atoms with Crippen molar-refractivity contribution >= 4 is 45.4 Å². The van der Waals surface area contributed by atoms with Crippen LogP contribution in [0.3, 0.4) is 0 Å². The second-order valence-electron chi connectivity index (χ2n) is 6.85. The molecule has 3 N–H and O–H groups in total. The van der Waals surface area contributed by atoms with Crippen molar-refractivity contribution in [3.05, 3.63) is 54.9 Å². The van der Waals surface area contributed by atoms with Gasteiger partial charge in [-0.25, -0.2) is 0 Å². The molecule has 0 spiro atoms. The number of hydrogen-bond acceptors (Lipinski definition) is 5. The number of hydrogen-bond donors (Lipinski definition) is 2. The number of anilines is 1. The van der Waals surface area contributed by atoms with Gasteiger partial charge in [0.1, 0.15) is 5.00 Å². The van der Waals surface area contributed by atoms with Gasteiger partial charge in [0.05, 0.1) is 21.1 Å². The molecule has 0 unspecified atom stereocenters. The first kappa shape index (κ1) is 20.3. The van der Waals surface area contributed by atoms with Crippen LogP contribution in [-0.2, 0) is 12.8 Å². The maximum Gasteiger partial charge on any atom is 0.270 e. The van der Waals surface area contributed by atoms with Crippen molar-refractivity contribution < 1.29 is 14.5 Å². The predicted octanol–water partition coefficient (Wildman–Crippen LogP) is 4.57. The Kier molecular flexibility index (Phi) is 6.00. The van der Waals surface area contributed by atoms with E-state index in [-0.39, 0.29) is 16.3 Å². The van der Waals surface area contributed by atoms with Crippen molar-refractivity contribution in [3.8, 4) is 0 Å². The first-order chi connectivity index (χ1) is 13.3. The number of nitro benzene ring substituents is 1. The molecule has 28 heavy (non-hydrogen) atoms. The van der Waals surface area contributed by atoms with Gasteiger partial charge in [0, 0.05) is 17.0 Å². The summed E-state index contributed by atoms with van der Waals surface area (Å²) in [7, 11) is 0. The fraction of sp³-hybridized carbons (Fsp3) is 0.368. The maximum atomic E-state index is 12.7. The van der Waals surface area contributed by atoms with Crippen LogP contribution in [0.25, 0.3) is 0 Å². The lowest BCUT2D eigenvalue weighted by Crippen LogP contribution is -2.20. The third kappa shape index (κ3) is 4.02. The molecule has 0 saturated heterocycles. The van der Waals surface area contributed by atoms with Gasteiger partial charge >= 0.3 is 0 Å². The Labute approximate surface area is 171 Å². The highest BCUT2D eigenvalue weighted by atomic mass is 35.5. The van der Waals surface area contributed by atoms with E-state index < -0.39 is 16.7 Å². The number of primary amides is 1. The minimum absolute atomic E-state index is 0.0309. The maximum absolute atomic E-state index is 12.7. The molecule has 1 aromatic carbocycles. The van der Waals surface area contributed by atoms with Gasteiger partial charge in [0.25, 0.3) is 17.5 Å². The molecular weight excluding hydrogens is 402 g/mol. The Balaban J connectivity index is 1.89. The summed E-state index contributed by atoms with van der Waals surface area (Å²) in [4.78, 5) is 36.0. The third-order valence-corrected chi connectivity index (χ3v) is 6.43. The number of benzene rings is 1. The zero-order valence-electron chi connectivity index (χ0n) is 15.3. The number of amides is 2. The van der Waals surface area contributed by atoms with Gasteiger partial charge in [0.15, 0.2) is 0 Å². The molecule has 1 aliphatic carbocycles. The van der Waals surface area contributed by atoms with Crippen molar-refractivity contribution in [2.75, 3.05) is 5.32 Å². The van der Waals surface area contributed by atoms with E-state index in [0.29, 0.717) is 16.5 Å². The highest BCUT2D eigenvalue weighted by Gasteiger charge is 2.29. The Morgan fingerprint density at radius 3 is 2.79 bits per heavy atom. The topological polar surface area (TPSA) is 115 Å². The molecule has 148 valence electrons. The van der Waals surface area contributed by atoms with Gasteiger partial charge in [-0.15, -0.1) is 11.3 Å². The molecule has 1 heterocycles. The van der Waals surface area contributed by atoms with E-state index >= 15 is 0 Å². The van der Waals surface area contributed by atoms with E-state index in [9.17, 15) is 19.7 Å². The summed E-state index contributed by atoms with van der Waals surface area (Å²) in [6, 6.07) is 3.63. The number of fused-ring (bicyclic) bond motifs is 1. The Bertz CT molecular complexity index is 957. The summed E-state index contributed by atoms with van der Waals surface area (Å²) in [5, 5.41) is 13.9. The summed E-state index contributed by atoms with van der Waals surface area (Å²) in [5.74, 6) is -0.535. The van der Waals surface area contributed by atoms with E-state index in [1.165, 1.54) is 23.5 Å². The monoisotopic (exact) mass is 421 g/mol. The van der Waals surface area contributed by atoms with E-state index in [2.05, 4.69) is 12.2 Å². The van der Waals surface area contributed by atoms with Gasteiger partial charge in [-0.2, -0.15) is 0 Å². The molecule has 0 radical (unpaired) electrons. The molecule has 1 aliphatic rings. The minimum atomic E-state index is -0.585. The van der Waals surface area contributed by atoms with Crippen LogP contribution in [0.1, 0.15) is 57.3 Å². The second-order valence-corrected chi connectivity index (χ2v) is 8.36. The minimum Gasteiger partial charge on any atom is -0.365 e. The third-order valence-electron chi connectivity index (χ3n) is 4.95. The van der Waals surface area contributed by atoms with Crippen molar-refractivity contribution in [1.82, 2.24) is 0 Å². The van der Waals surface area contributed by atoms with Gasteiger partial charge in [-0.05, 0) is 36.8 Å². The zero-order chi connectivity index (χ0) is 20.4. The molecule has 0 bridgehead atoms. The average molecular weight is 422 g/mol. The second kappa shape index (κ2) is 8.28. The molecule has 7 nitrogen and oxygen atoms in total. The molecule has 0 aliphatic heterocycles. The fourth-order valence-corrected chi connectivity index (χ4v) is 5.25. The lowest BCUT2D eigenvalue weighted by atomic mass is 9.84. The molecule has 0 saturated carbocycles. The van der Waals surface area contributed by atoms with Gasteiger partial charge in [-0.3, -0.25) is 19.7 Å². The van der Waals surface area contributed by atoms with Crippen LogP contribution >= 0.6 is 22.9 Å². The van der Waals surface area contributed by atoms with Crippen LogP contribution in [0.4, 0.5) is 10.7 Å². The first-order valence-corrected chi connectivity index (χ1v) is 10.2. The number of thiophene rings is 1. The lowest BCUT2D eigenvalue weighted by Gasteiger charge is -2.21. The molecule has 1 aromatic heterocycles. The number of carbonyl (C=O) groups is 2. The van der Waals surface area contributed by atoms with Gasteiger partial charge in [0.2, 0.25) is 0 Å². The summed E-state index contributed by atoms with van der Waals surface area (Å²) in [6.07, 6.45) is 4.88. The molecule has 1 atom stereocenters. The van der Waals surface area contributed by atoms with Crippen LogP contribution in [0.2, 0.25) is 5.02 Å². The summed E-state index contributed by atoms with van der Waals surface area (Å²) in [6.45, 7) is 2.15. The first-order valence-electron chi connectivity index (χ1n) is 9.01. The predicted molar refractivity (Wildman–Crippen MR) is 109 cm³/mol. The van der Waals surface area contributed by atoms with Crippen LogP contribution in [0.15, 0.2) is 18.2 Å². The molecule has 2 amide bonds. The van der Waals surface area contributed by atoms with E-state index in [1.807, 2.05) is 0 Å². The van der Waals surface area contributed by atoms with Crippen molar-refractivity contribution in [2.45, 2.75) is 39.0 Å². The molecule has 2 aromatic rings. The van der Waals surface area contributed by atoms with Gasteiger partial charge in [-0.1, -0.05) is 31.4 Å². The largest absolute Gasteiger partial charge is 0.365 e. The molecule has 3 rings (SSSR count). The Morgan fingerprint density at radius 1 is 1.43 bits per heavy atom. The Morgan fingerprint density at radius 2 is 2.18 bits per heavy atom. The van der Waals surface area contributed by atoms with Crippen LogP contribution in [-0.4, -0.2) is 16.7 Å². The van der Waals surface area contributed by atoms with Crippen LogP contribution < -0.4 is 11.1 Å².